The molecule has 35 heavy (non-hydrogen) atoms. The molecule has 3 aromatic carbocycles. The van der Waals surface area contributed by atoms with E-state index in [1.165, 1.54) is 81.9 Å². The van der Waals surface area contributed by atoms with E-state index in [0.717, 1.165) is 6.07 Å². The number of aryl methyl sites for hydroxylation is 1. The molecular weight excluding hydrogens is 534 g/mol. The van der Waals surface area contributed by atoms with E-state index in [0.29, 0.717) is 11.3 Å². The number of carbonyl (C=O) groups excluding carboxylic acids is 1. The number of benzene rings is 3. The molecule has 0 aliphatic carbocycles. The van der Waals surface area contributed by atoms with Crippen LogP contribution in [0.4, 0.5) is 24.5 Å². The number of carbonyl (C=O) groups is 1. The summed E-state index contributed by atoms with van der Waals surface area (Å²) < 4.78 is 69.8. The maximum atomic E-state index is 14.2. The minimum Gasteiger partial charge on any atom is -0.311 e. The first kappa shape index (κ1) is 27.5. The van der Waals surface area contributed by atoms with Crippen LogP contribution >= 0.6 is 27.7 Å². The predicted octanol–water partition coefficient (Wildman–Crippen LogP) is 5.83. The highest BCUT2D eigenvalue weighted by molar-refractivity contribution is 7.92. The van der Waals surface area contributed by atoms with E-state index in [1.54, 1.807) is 6.92 Å². The van der Waals surface area contributed by atoms with E-state index in [4.69, 9.17) is 0 Å². The summed E-state index contributed by atoms with van der Waals surface area (Å²) in [7, 11) is 2.92. The quantitative estimate of drug-likeness (QED) is 0.372. The molecule has 5 nitrogen and oxygen atoms in total. The Labute approximate surface area is 209 Å². The molecule has 3 atom stereocenters. The Morgan fingerprint density at radius 1 is 0.914 bits per heavy atom. The zero-order valence-corrected chi connectivity index (χ0v) is 23.1. The lowest BCUT2D eigenvalue weighted by Gasteiger charge is -2.20. The lowest BCUT2D eigenvalue weighted by Crippen LogP contribution is -2.26. The molecular formula is C23H24F3N2O3P3S. The zero-order chi connectivity index (χ0) is 26.2. The van der Waals surface area contributed by atoms with Gasteiger partial charge in [-0.05, 0) is 60.5 Å². The summed E-state index contributed by atoms with van der Waals surface area (Å²) in [5.41, 5.74) is -2.25. The smallest absolute Gasteiger partial charge is 0.283 e. The highest BCUT2D eigenvalue weighted by atomic mass is 32.2. The van der Waals surface area contributed by atoms with E-state index in [2.05, 4.69) is 4.72 Å². The third-order valence-electron chi connectivity index (χ3n) is 5.19. The van der Waals surface area contributed by atoms with Crippen molar-refractivity contribution in [1.82, 2.24) is 0 Å². The minimum atomic E-state index is -4.02. The molecule has 0 bridgehead atoms. The lowest BCUT2D eigenvalue weighted by molar-refractivity contribution is 0.0987. The molecule has 0 radical (unpaired) electrons. The van der Waals surface area contributed by atoms with Crippen LogP contribution in [0.2, 0.25) is 0 Å². The van der Waals surface area contributed by atoms with E-state index in [1.807, 2.05) is 18.5 Å². The van der Waals surface area contributed by atoms with Gasteiger partial charge in [0.2, 0.25) is 0 Å². The maximum absolute atomic E-state index is 14.2. The van der Waals surface area contributed by atoms with Gasteiger partial charge >= 0.3 is 0 Å². The van der Waals surface area contributed by atoms with Crippen LogP contribution in [0.15, 0.2) is 71.6 Å². The standard InChI is InChI=1S/C23H24F3N2O3P3S/c1-14-11-19(28(2)21(29)15-5-3-6-16(12-15)22(24,25)32)9-10-20(14)35(30,31)27-18-8-4-7-17(13-18)23(26,33)34/h3-13,27H,32-34H2,1-2H3. The number of alkyl halides is 3. The minimum absolute atomic E-state index is 0.0274. The average Bonchev–Trinajstić information content (AvgIpc) is 2.76. The number of nitrogens with one attached hydrogen (secondary N) is 1. The first-order chi connectivity index (χ1) is 16.1. The normalized spacial score (nSPS) is 12.3. The number of hydrogen-bond donors (Lipinski definition) is 1. The van der Waals surface area contributed by atoms with Crippen LogP contribution in [0.1, 0.15) is 27.0 Å². The molecule has 0 fully saturated rings. The van der Waals surface area contributed by atoms with Crippen LogP contribution in [0.25, 0.3) is 0 Å². The van der Waals surface area contributed by atoms with E-state index < -0.39 is 26.7 Å². The Morgan fingerprint density at radius 3 is 2.14 bits per heavy atom. The van der Waals surface area contributed by atoms with Crippen molar-refractivity contribution in [3.05, 3.63) is 89.0 Å². The summed E-state index contributed by atoms with van der Waals surface area (Å²) in [6.45, 7) is 1.57. The van der Waals surface area contributed by atoms with Crippen molar-refractivity contribution >= 4 is 55.0 Å². The molecule has 0 aliphatic heterocycles. The molecule has 0 heterocycles. The van der Waals surface area contributed by atoms with Gasteiger partial charge in [-0.2, -0.15) is 8.78 Å². The Hall–Kier alpha value is -2.04. The van der Waals surface area contributed by atoms with Crippen LogP contribution in [0.5, 0.6) is 0 Å². The average molecular weight is 558 g/mol. The monoisotopic (exact) mass is 558 g/mol. The maximum Gasteiger partial charge on any atom is 0.283 e. The fraction of sp³-hybridized carbons (Fsp3) is 0.174. The second kappa shape index (κ2) is 10.1. The van der Waals surface area contributed by atoms with Gasteiger partial charge in [-0.3, -0.25) is 9.52 Å². The van der Waals surface area contributed by atoms with Crippen molar-refractivity contribution in [2.75, 3.05) is 16.7 Å². The second-order valence-electron chi connectivity index (χ2n) is 7.97. The molecule has 0 saturated heterocycles. The van der Waals surface area contributed by atoms with Crippen LogP contribution in [0, 0.1) is 6.92 Å². The highest BCUT2D eigenvalue weighted by Gasteiger charge is 2.26. The second-order valence-corrected chi connectivity index (χ2v) is 12.7. The van der Waals surface area contributed by atoms with Crippen LogP contribution in [-0.2, 0) is 20.8 Å². The molecule has 186 valence electrons. The number of nitrogens with zero attached hydrogens (tertiary/aromatic N) is 1. The molecule has 3 rings (SSSR count). The van der Waals surface area contributed by atoms with E-state index >= 15 is 0 Å². The van der Waals surface area contributed by atoms with Gasteiger partial charge < -0.3 is 4.90 Å². The van der Waals surface area contributed by atoms with Crippen LogP contribution in [-0.4, -0.2) is 21.4 Å². The van der Waals surface area contributed by atoms with Gasteiger partial charge in [-0.1, -0.05) is 52.0 Å². The van der Waals surface area contributed by atoms with Gasteiger partial charge in [0, 0.05) is 29.5 Å². The Morgan fingerprint density at radius 2 is 1.54 bits per heavy atom. The Kier molecular flexibility index (Phi) is 7.98. The third kappa shape index (κ3) is 6.59. The summed E-state index contributed by atoms with van der Waals surface area (Å²) >= 11 is 0. The van der Waals surface area contributed by atoms with Gasteiger partial charge in [-0.15, -0.1) is 0 Å². The lowest BCUT2D eigenvalue weighted by atomic mass is 10.1. The summed E-state index contributed by atoms with van der Waals surface area (Å²) in [5, 5.41) is -1.80. The van der Waals surface area contributed by atoms with Gasteiger partial charge in [0.25, 0.3) is 21.6 Å². The number of amides is 1. The molecule has 3 unspecified atom stereocenters. The molecule has 0 spiro atoms. The van der Waals surface area contributed by atoms with Crippen molar-refractivity contribution in [2.24, 2.45) is 0 Å². The SMILES string of the molecule is Cc1cc(N(C)C(=O)c2cccc(C(F)(F)P)c2)ccc1S(=O)(=O)Nc1cccc(C(F)(P)P)c1. The van der Waals surface area contributed by atoms with Gasteiger partial charge in [0.05, 0.1) is 4.90 Å². The fourth-order valence-electron chi connectivity index (χ4n) is 3.35. The van der Waals surface area contributed by atoms with E-state index in [9.17, 15) is 26.4 Å². The Balaban J connectivity index is 1.86. The van der Waals surface area contributed by atoms with Crippen molar-refractivity contribution in [2.45, 2.75) is 22.6 Å². The van der Waals surface area contributed by atoms with Crippen molar-refractivity contribution < 1.29 is 26.4 Å². The van der Waals surface area contributed by atoms with Crippen LogP contribution < -0.4 is 9.62 Å². The third-order valence-corrected chi connectivity index (χ3v) is 7.73. The first-order valence-electron chi connectivity index (χ1n) is 10.2. The predicted molar refractivity (Wildman–Crippen MR) is 143 cm³/mol. The van der Waals surface area contributed by atoms with Gasteiger partial charge in [-0.25, -0.2) is 12.8 Å². The molecule has 1 amide bonds. The number of rotatable bonds is 7. The topological polar surface area (TPSA) is 66.5 Å². The molecule has 0 saturated carbocycles. The van der Waals surface area contributed by atoms with Gasteiger partial charge in [0.1, 0.15) is 0 Å². The van der Waals surface area contributed by atoms with Crippen molar-refractivity contribution in [3.8, 4) is 0 Å². The molecule has 0 aliphatic rings. The number of sulfonamides is 1. The zero-order valence-electron chi connectivity index (χ0n) is 18.8. The molecule has 1 N–H and O–H groups in total. The molecule has 12 heteroatoms. The highest BCUT2D eigenvalue weighted by Crippen LogP contribution is 2.41. The van der Waals surface area contributed by atoms with E-state index in [-0.39, 0.29) is 27.3 Å². The van der Waals surface area contributed by atoms with Gasteiger partial charge in [0.15, 0.2) is 5.15 Å². The van der Waals surface area contributed by atoms with Crippen molar-refractivity contribution in [1.29, 1.82) is 0 Å². The number of halogens is 3. The molecule has 0 aromatic heterocycles. The first-order valence-corrected chi connectivity index (χ1v) is 13.4. The summed E-state index contributed by atoms with van der Waals surface area (Å²) in [6.07, 6.45) is 0. The largest absolute Gasteiger partial charge is 0.311 e. The Bertz CT molecular complexity index is 1370. The number of anilines is 2. The summed E-state index contributed by atoms with van der Waals surface area (Å²) in [6, 6.07) is 15.4. The fourth-order valence-corrected chi connectivity index (χ4v) is 5.16. The summed E-state index contributed by atoms with van der Waals surface area (Å²) in [4.78, 5) is 14.1. The van der Waals surface area contributed by atoms with Crippen molar-refractivity contribution in [3.63, 3.8) is 0 Å². The number of hydrogen-bond acceptors (Lipinski definition) is 3. The summed E-state index contributed by atoms with van der Waals surface area (Å²) in [5.74, 6) is -0.532. The molecule has 3 aromatic rings. The van der Waals surface area contributed by atoms with Crippen LogP contribution in [0.3, 0.4) is 0 Å².